The number of pyridine rings is 1. The first-order valence-electron chi connectivity index (χ1n) is 8.01. The molecule has 0 aliphatic carbocycles. The molecule has 6 nitrogen and oxygen atoms in total. The lowest BCUT2D eigenvalue weighted by Gasteiger charge is -2.33. The van der Waals surface area contributed by atoms with Crippen LogP contribution in [-0.2, 0) is 15.5 Å². The normalized spacial score (nSPS) is 17.2. The zero-order valence-corrected chi connectivity index (χ0v) is 15.1. The molecule has 1 fully saturated rings. The van der Waals surface area contributed by atoms with E-state index in [0.717, 1.165) is 12.8 Å². The molecular weight excluding hydrogens is 326 g/mol. The molecule has 1 aliphatic heterocycles. The largest absolute Gasteiger partial charge is 0.444 e. The van der Waals surface area contributed by atoms with Gasteiger partial charge in [-0.05, 0) is 51.7 Å². The summed E-state index contributed by atoms with van der Waals surface area (Å²) in [6.07, 6.45) is 2.81. The third kappa shape index (κ3) is 5.31. The number of nitrogens with zero attached hydrogens (tertiary/aromatic N) is 3. The van der Waals surface area contributed by atoms with Crippen molar-refractivity contribution in [2.24, 2.45) is 5.92 Å². The molecular formula is C17H23N3O3S. The maximum absolute atomic E-state index is 12.4. The predicted octanol–water partition coefficient (Wildman–Crippen LogP) is 2.71. The number of nitriles is 1. The molecule has 0 unspecified atom stereocenters. The molecule has 0 radical (unpaired) electrons. The fraction of sp³-hybridized carbons (Fsp3) is 0.588. The van der Waals surface area contributed by atoms with Crippen molar-refractivity contribution in [2.45, 2.75) is 44.2 Å². The van der Waals surface area contributed by atoms with Gasteiger partial charge < -0.3 is 9.64 Å². The molecule has 1 amide bonds. The number of likely N-dealkylation sites (tertiary alicyclic amines) is 1. The van der Waals surface area contributed by atoms with Gasteiger partial charge in [-0.15, -0.1) is 0 Å². The molecule has 0 aromatic carbocycles. The molecule has 1 aliphatic rings. The zero-order chi connectivity index (χ0) is 17.7. The molecule has 24 heavy (non-hydrogen) atoms. The summed E-state index contributed by atoms with van der Waals surface area (Å²) >= 11 is 0. The van der Waals surface area contributed by atoms with E-state index in [9.17, 15) is 9.00 Å². The molecule has 1 aromatic rings. The molecule has 2 rings (SSSR count). The van der Waals surface area contributed by atoms with Gasteiger partial charge in [0.2, 0.25) is 0 Å². The minimum Gasteiger partial charge on any atom is -0.444 e. The van der Waals surface area contributed by atoms with Crippen molar-refractivity contribution >= 4 is 16.9 Å². The standard InChI is InChI=1S/C17H23N3O3S/c1-17(2,3)23-16(21)20-8-5-13(6-9-20)12-24(22)15-10-14(11-18)4-7-19-15/h4,7,10,13H,5-6,8-9,12H2,1-3H3/t24-/m1/s1. The highest BCUT2D eigenvalue weighted by Crippen LogP contribution is 2.22. The number of amides is 1. The van der Waals surface area contributed by atoms with E-state index in [4.69, 9.17) is 10.00 Å². The number of rotatable bonds is 3. The monoisotopic (exact) mass is 349 g/mol. The molecule has 7 heteroatoms. The van der Waals surface area contributed by atoms with Gasteiger partial charge >= 0.3 is 6.09 Å². The van der Waals surface area contributed by atoms with Crippen LogP contribution >= 0.6 is 0 Å². The van der Waals surface area contributed by atoms with Crippen LogP contribution < -0.4 is 0 Å². The van der Waals surface area contributed by atoms with Crippen LogP contribution in [0.15, 0.2) is 23.4 Å². The number of carbonyl (C=O) groups excluding carboxylic acids is 1. The smallest absolute Gasteiger partial charge is 0.410 e. The molecule has 2 heterocycles. The molecule has 1 atom stereocenters. The number of carbonyl (C=O) groups is 1. The van der Waals surface area contributed by atoms with Crippen molar-refractivity contribution in [1.29, 1.82) is 5.26 Å². The summed E-state index contributed by atoms with van der Waals surface area (Å²) in [5.74, 6) is 0.779. The second kappa shape index (κ2) is 7.75. The van der Waals surface area contributed by atoms with Gasteiger partial charge in [0.05, 0.1) is 22.4 Å². The maximum Gasteiger partial charge on any atom is 0.410 e. The quantitative estimate of drug-likeness (QED) is 0.838. The van der Waals surface area contributed by atoms with Crippen LogP contribution in [0.1, 0.15) is 39.2 Å². The van der Waals surface area contributed by atoms with E-state index in [1.165, 1.54) is 6.20 Å². The van der Waals surface area contributed by atoms with Crippen molar-refractivity contribution in [3.05, 3.63) is 23.9 Å². The van der Waals surface area contributed by atoms with Crippen molar-refractivity contribution in [1.82, 2.24) is 9.88 Å². The first kappa shape index (κ1) is 18.4. The topological polar surface area (TPSA) is 83.3 Å². The Bertz CT molecular complexity index is 656. The Balaban J connectivity index is 1.85. The van der Waals surface area contributed by atoms with E-state index in [1.54, 1.807) is 17.0 Å². The zero-order valence-electron chi connectivity index (χ0n) is 14.3. The van der Waals surface area contributed by atoms with E-state index in [2.05, 4.69) is 4.98 Å². The summed E-state index contributed by atoms with van der Waals surface area (Å²) < 4.78 is 17.8. The average molecular weight is 349 g/mol. The lowest BCUT2D eigenvalue weighted by molar-refractivity contribution is 0.0191. The lowest BCUT2D eigenvalue weighted by atomic mass is 9.99. The molecule has 0 N–H and O–H groups in total. The number of piperidine rings is 1. The van der Waals surface area contributed by atoms with Crippen molar-refractivity contribution in [2.75, 3.05) is 18.8 Å². The Kier molecular flexibility index (Phi) is 5.94. The first-order chi connectivity index (χ1) is 11.3. The Morgan fingerprint density at radius 3 is 2.71 bits per heavy atom. The summed E-state index contributed by atoms with van der Waals surface area (Å²) in [6, 6.07) is 5.20. The lowest BCUT2D eigenvalue weighted by Crippen LogP contribution is -2.42. The second-order valence-corrected chi connectivity index (χ2v) is 8.36. The van der Waals surface area contributed by atoms with Gasteiger partial charge in [0.1, 0.15) is 10.6 Å². The Labute approximate surface area is 145 Å². The van der Waals surface area contributed by atoms with Gasteiger partial charge in [0, 0.05) is 25.0 Å². The second-order valence-electron chi connectivity index (χ2n) is 6.92. The van der Waals surface area contributed by atoms with Crippen molar-refractivity contribution in [3.63, 3.8) is 0 Å². The Morgan fingerprint density at radius 2 is 2.12 bits per heavy atom. The van der Waals surface area contributed by atoms with Crippen molar-refractivity contribution < 1.29 is 13.7 Å². The van der Waals surface area contributed by atoms with Crippen LogP contribution in [0.25, 0.3) is 0 Å². The van der Waals surface area contributed by atoms with Gasteiger partial charge in [-0.3, -0.25) is 4.21 Å². The van der Waals surface area contributed by atoms with Gasteiger partial charge in [0.25, 0.3) is 0 Å². The molecule has 0 saturated carbocycles. The molecule has 130 valence electrons. The number of aromatic nitrogens is 1. The van der Waals surface area contributed by atoms with E-state index < -0.39 is 16.4 Å². The van der Waals surface area contributed by atoms with E-state index in [-0.39, 0.29) is 12.0 Å². The van der Waals surface area contributed by atoms with Crippen LogP contribution in [0.2, 0.25) is 0 Å². The molecule has 0 bridgehead atoms. The number of hydrogen-bond donors (Lipinski definition) is 0. The van der Waals surface area contributed by atoms with Gasteiger partial charge in [0.15, 0.2) is 0 Å². The SMILES string of the molecule is CC(C)(C)OC(=O)N1CCC(C[S@@](=O)c2cc(C#N)ccn2)CC1. The highest BCUT2D eigenvalue weighted by Gasteiger charge is 2.27. The van der Waals surface area contributed by atoms with E-state index >= 15 is 0 Å². The van der Waals surface area contributed by atoms with Crippen molar-refractivity contribution in [3.8, 4) is 6.07 Å². The van der Waals surface area contributed by atoms with Gasteiger partial charge in [-0.25, -0.2) is 9.78 Å². The van der Waals surface area contributed by atoms with Gasteiger partial charge in [-0.2, -0.15) is 5.26 Å². The summed E-state index contributed by atoms with van der Waals surface area (Å²) in [4.78, 5) is 17.8. The van der Waals surface area contributed by atoms with Crippen LogP contribution in [0, 0.1) is 17.2 Å². The Hall–Kier alpha value is -1.94. The van der Waals surface area contributed by atoms with Gasteiger partial charge in [-0.1, -0.05) is 0 Å². The minimum atomic E-state index is -1.23. The highest BCUT2D eigenvalue weighted by atomic mass is 32.2. The fourth-order valence-electron chi connectivity index (χ4n) is 2.51. The minimum absolute atomic E-state index is 0.275. The maximum atomic E-state index is 12.4. The molecule has 1 saturated heterocycles. The molecule has 1 aromatic heterocycles. The van der Waals surface area contributed by atoms with E-state index in [1.807, 2.05) is 26.8 Å². The predicted molar refractivity (Wildman–Crippen MR) is 90.8 cm³/mol. The van der Waals surface area contributed by atoms with Crippen LogP contribution in [0.4, 0.5) is 4.79 Å². The third-order valence-electron chi connectivity index (χ3n) is 3.75. The van der Waals surface area contributed by atoms with E-state index in [0.29, 0.717) is 29.4 Å². The Morgan fingerprint density at radius 1 is 1.46 bits per heavy atom. The highest BCUT2D eigenvalue weighted by molar-refractivity contribution is 7.84. The fourth-order valence-corrected chi connectivity index (χ4v) is 3.88. The third-order valence-corrected chi connectivity index (χ3v) is 5.21. The molecule has 0 spiro atoms. The van der Waals surface area contributed by atoms with Crippen LogP contribution in [0.3, 0.4) is 0 Å². The average Bonchev–Trinajstić information content (AvgIpc) is 2.54. The summed E-state index contributed by atoms with van der Waals surface area (Å²) in [5.41, 5.74) is -0.0274. The summed E-state index contributed by atoms with van der Waals surface area (Å²) in [6.45, 7) is 6.78. The van der Waals surface area contributed by atoms with Crippen LogP contribution in [-0.4, -0.2) is 44.6 Å². The van der Waals surface area contributed by atoms with Crippen LogP contribution in [0.5, 0.6) is 0 Å². The summed E-state index contributed by atoms with van der Waals surface area (Å²) in [5, 5.41) is 9.35. The summed E-state index contributed by atoms with van der Waals surface area (Å²) in [7, 11) is -1.23. The first-order valence-corrected chi connectivity index (χ1v) is 9.33. The number of ether oxygens (including phenoxy) is 1. The number of hydrogen-bond acceptors (Lipinski definition) is 5.